The number of rotatable bonds is 5. The summed E-state index contributed by atoms with van der Waals surface area (Å²) in [5, 5.41) is 3.98. The molecule has 1 N–H and O–H groups in total. The number of halogens is 3. The number of nitrogens with zero attached hydrogens (tertiary/aromatic N) is 3. The van der Waals surface area contributed by atoms with Crippen molar-refractivity contribution >= 4 is 17.3 Å². The van der Waals surface area contributed by atoms with Crippen molar-refractivity contribution in [3.05, 3.63) is 83.9 Å². The second kappa shape index (κ2) is 8.79. The van der Waals surface area contributed by atoms with E-state index in [4.69, 9.17) is 17.0 Å². The zero-order valence-electron chi connectivity index (χ0n) is 17.7. The van der Waals surface area contributed by atoms with E-state index in [-0.39, 0.29) is 18.2 Å². The topological polar surface area (TPSA) is 42.3 Å². The zero-order chi connectivity index (χ0) is 23.0. The van der Waals surface area contributed by atoms with Crippen molar-refractivity contribution in [1.29, 1.82) is 0 Å². The molecule has 0 amide bonds. The zero-order valence-corrected chi connectivity index (χ0v) is 18.5. The van der Waals surface area contributed by atoms with Crippen LogP contribution in [0.4, 0.5) is 13.2 Å². The van der Waals surface area contributed by atoms with Crippen LogP contribution in [0.1, 0.15) is 41.9 Å². The average Bonchev–Trinajstić information content (AvgIpc) is 3.55. The first-order valence-corrected chi connectivity index (χ1v) is 11.3. The SMILES string of the molecule is FC(F)(F)c1cccc(-n2cccc2[C@H]2[C@@H](c3ccccn3)NC(=S)N2C[C@@H]2CCCO2)c1. The first-order valence-electron chi connectivity index (χ1n) is 10.9. The molecule has 3 atom stereocenters. The third-order valence-electron chi connectivity index (χ3n) is 6.16. The van der Waals surface area contributed by atoms with Crippen molar-refractivity contribution < 1.29 is 17.9 Å². The highest BCUT2D eigenvalue weighted by molar-refractivity contribution is 7.80. The van der Waals surface area contributed by atoms with Gasteiger partial charge in [-0.25, -0.2) is 0 Å². The highest BCUT2D eigenvalue weighted by Gasteiger charge is 2.42. The van der Waals surface area contributed by atoms with Crippen LogP contribution in [-0.4, -0.2) is 38.8 Å². The van der Waals surface area contributed by atoms with E-state index < -0.39 is 11.7 Å². The third-order valence-corrected chi connectivity index (χ3v) is 6.51. The van der Waals surface area contributed by atoms with Gasteiger partial charge in [0, 0.05) is 36.9 Å². The smallest absolute Gasteiger partial charge is 0.376 e. The minimum atomic E-state index is -4.41. The summed E-state index contributed by atoms with van der Waals surface area (Å²) in [6.45, 7) is 1.33. The van der Waals surface area contributed by atoms with Gasteiger partial charge < -0.3 is 19.5 Å². The Hall–Kier alpha value is -2.91. The summed E-state index contributed by atoms with van der Waals surface area (Å²) in [5.41, 5.74) is 1.41. The first kappa shape index (κ1) is 21.9. The van der Waals surface area contributed by atoms with Crippen molar-refractivity contribution in [2.75, 3.05) is 13.2 Å². The van der Waals surface area contributed by atoms with Gasteiger partial charge in [-0.2, -0.15) is 13.2 Å². The van der Waals surface area contributed by atoms with E-state index in [1.165, 1.54) is 12.1 Å². The molecule has 3 aromatic rings. The summed E-state index contributed by atoms with van der Waals surface area (Å²) in [6, 6.07) is 14.3. The normalized spacial score (nSPS) is 23.2. The minimum absolute atomic E-state index is 0.0618. The molecule has 2 fully saturated rings. The van der Waals surface area contributed by atoms with Crippen molar-refractivity contribution in [1.82, 2.24) is 19.8 Å². The molecular weight excluding hydrogens is 449 g/mol. The molecular formula is C24H23F3N4OS. The molecule has 0 unspecified atom stereocenters. The standard InChI is InChI=1S/C24H23F3N4OS/c25-24(26,27)16-6-3-7-17(14-16)30-12-4-10-20(30)22-21(19-9-1-2-11-28-19)29-23(33)31(22)15-18-8-5-13-32-18/h1-4,6-7,9-12,14,18,21-22H,5,8,13,15H2,(H,29,33)/t18-,21+,22-/m0/s1. The predicted molar refractivity (Wildman–Crippen MR) is 122 cm³/mol. The summed E-state index contributed by atoms with van der Waals surface area (Å²) in [5.74, 6) is 0. The number of thiocarbonyl (C=S) groups is 1. The van der Waals surface area contributed by atoms with Gasteiger partial charge in [0.1, 0.15) is 0 Å². The van der Waals surface area contributed by atoms with Crippen molar-refractivity contribution in [3.63, 3.8) is 0 Å². The molecule has 0 spiro atoms. The van der Waals surface area contributed by atoms with E-state index in [0.717, 1.165) is 36.9 Å². The Morgan fingerprint density at radius 2 is 2.00 bits per heavy atom. The van der Waals surface area contributed by atoms with Gasteiger partial charge in [0.15, 0.2) is 5.11 Å². The van der Waals surface area contributed by atoms with E-state index >= 15 is 0 Å². The third kappa shape index (κ3) is 4.35. The summed E-state index contributed by atoms with van der Waals surface area (Å²) in [7, 11) is 0. The van der Waals surface area contributed by atoms with Crippen LogP contribution in [0, 0.1) is 0 Å². The van der Waals surface area contributed by atoms with Gasteiger partial charge in [-0.05, 0) is 67.5 Å². The van der Waals surface area contributed by atoms with E-state index in [9.17, 15) is 13.2 Å². The maximum absolute atomic E-state index is 13.4. The fourth-order valence-corrected chi connectivity index (χ4v) is 4.95. The fraction of sp³-hybridized carbons (Fsp3) is 0.333. The Kier molecular flexibility index (Phi) is 5.84. The Bertz CT molecular complexity index is 1130. The number of aromatic nitrogens is 2. The fourth-order valence-electron chi connectivity index (χ4n) is 4.63. The number of ether oxygens (including phenoxy) is 1. The number of pyridine rings is 1. The molecule has 1 aromatic carbocycles. The first-order chi connectivity index (χ1) is 15.9. The lowest BCUT2D eigenvalue weighted by Gasteiger charge is -2.30. The summed E-state index contributed by atoms with van der Waals surface area (Å²) >= 11 is 5.71. The van der Waals surface area contributed by atoms with Gasteiger partial charge in [-0.1, -0.05) is 12.1 Å². The number of hydrogen-bond donors (Lipinski definition) is 1. The molecule has 2 saturated heterocycles. The van der Waals surface area contributed by atoms with Gasteiger partial charge in [0.05, 0.1) is 29.4 Å². The van der Waals surface area contributed by atoms with Crippen LogP contribution in [0.15, 0.2) is 67.0 Å². The molecule has 0 bridgehead atoms. The van der Waals surface area contributed by atoms with Crippen molar-refractivity contribution in [3.8, 4) is 5.69 Å². The summed E-state index contributed by atoms with van der Waals surface area (Å²) in [4.78, 5) is 6.62. The van der Waals surface area contributed by atoms with Crippen molar-refractivity contribution in [2.24, 2.45) is 0 Å². The largest absolute Gasteiger partial charge is 0.416 e. The highest BCUT2D eigenvalue weighted by Crippen LogP contribution is 2.40. The Morgan fingerprint density at radius 1 is 1.12 bits per heavy atom. The van der Waals surface area contributed by atoms with Crippen LogP contribution in [0.2, 0.25) is 0 Å². The second-order valence-electron chi connectivity index (χ2n) is 8.27. The van der Waals surface area contributed by atoms with E-state index in [1.807, 2.05) is 30.3 Å². The Morgan fingerprint density at radius 3 is 2.73 bits per heavy atom. The maximum Gasteiger partial charge on any atom is 0.416 e. The van der Waals surface area contributed by atoms with Gasteiger partial charge in [0.25, 0.3) is 0 Å². The van der Waals surface area contributed by atoms with Crippen LogP contribution >= 0.6 is 12.2 Å². The lowest BCUT2D eigenvalue weighted by molar-refractivity contribution is -0.137. The van der Waals surface area contributed by atoms with Crippen LogP contribution in [-0.2, 0) is 10.9 Å². The summed E-state index contributed by atoms with van der Waals surface area (Å²) in [6.07, 6.45) is 1.12. The molecule has 5 nitrogen and oxygen atoms in total. The summed E-state index contributed by atoms with van der Waals surface area (Å²) < 4.78 is 47.8. The second-order valence-corrected chi connectivity index (χ2v) is 8.65. The van der Waals surface area contributed by atoms with Gasteiger partial charge in [0.2, 0.25) is 0 Å². The Balaban J connectivity index is 1.57. The lowest BCUT2D eigenvalue weighted by Crippen LogP contribution is -2.36. The van der Waals surface area contributed by atoms with Crippen LogP contribution in [0.3, 0.4) is 0 Å². The lowest BCUT2D eigenvalue weighted by atomic mass is 10.0. The average molecular weight is 473 g/mol. The van der Waals surface area contributed by atoms with Crippen molar-refractivity contribution in [2.45, 2.75) is 37.2 Å². The van der Waals surface area contributed by atoms with Crippen LogP contribution in [0.25, 0.3) is 5.69 Å². The number of alkyl halides is 3. The molecule has 2 aliphatic heterocycles. The molecule has 0 saturated carbocycles. The quantitative estimate of drug-likeness (QED) is 0.527. The van der Waals surface area contributed by atoms with E-state index in [1.54, 1.807) is 23.0 Å². The number of nitrogens with one attached hydrogen (secondary N) is 1. The highest BCUT2D eigenvalue weighted by atomic mass is 32.1. The van der Waals surface area contributed by atoms with Gasteiger partial charge >= 0.3 is 6.18 Å². The van der Waals surface area contributed by atoms with E-state index in [0.29, 0.717) is 17.3 Å². The van der Waals surface area contributed by atoms with Gasteiger partial charge in [-0.15, -0.1) is 0 Å². The maximum atomic E-state index is 13.4. The monoisotopic (exact) mass is 472 g/mol. The van der Waals surface area contributed by atoms with Crippen LogP contribution < -0.4 is 5.32 Å². The number of benzene rings is 1. The minimum Gasteiger partial charge on any atom is -0.376 e. The molecule has 4 heterocycles. The molecule has 33 heavy (non-hydrogen) atoms. The van der Waals surface area contributed by atoms with Crippen LogP contribution in [0.5, 0.6) is 0 Å². The molecule has 0 aliphatic carbocycles. The predicted octanol–water partition coefficient (Wildman–Crippen LogP) is 5.04. The number of hydrogen-bond acceptors (Lipinski definition) is 3. The van der Waals surface area contributed by atoms with Gasteiger partial charge in [-0.3, -0.25) is 4.98 Å². The molecule has 2 aromatic heterocycles. The molecule has 5 rings (SSSR count). The molecule has 9 heteroatoms. The Labute approximate surface area is 195 Å². The molecule has 0 radical (unpaired) electrons. The molecule has 172 valence electrons. The molecule has 2 aliphatic rings. The van der Waals surface area contributed by atoms with E-state index in [2.05, 4.69) is 15.2 Å².